The second-order valence-corrected chi connectivity index (χ2v) is 10.2. The first kappa shape index (κ1) is 24.6. The summed E-state index contributed by atoms with van der Waals surface area (Å²) in [5.74, 6) is 0. The molecule has 1 heteroatoms. The molecule has 0 radical (unpaired) electrons. The fraction of sp³-hybridized carbons (Fsp3) is 0. The Bertz CT molecular complexity index is 1860. The second-order valence-electron chi connectivity index (χ2n) is 10.2. The molecule has 0 aliphatic rings. The first-order chi connectivity index (χ1) is 20.3. The van der Waals surface area contributed by atoms with Gasteiger partial charge in [0.1, 0.15) is 0 Å². The second kappa shape index (κ2) is 11.0. The van der Waals surface area contributed by atoms with Crippen LogP contribution in [0.5, 0.6) is 0 Å². The summed E-state index contributed by atoms with van der Waals surface area (Å²) >= 11 is 0. The molecule has 0 unspecified atom stereocenters. The van der Waals surface area contributed by atoms with Crippen molar-refractivity contribution in [1.29, 1.82) is 0 Å². The SMILES string of the molecule is c1ccc(-c2cc(N(c3ccccc3)c3ccccc3)ccc2-c2ccc(-c3cccc4ccccc34)cc2)cc1. The lowest BCUT2D eigenvalue weighted by Gasteiger charge is -2.26. The Labute approximate surface area is 241 Å². The molecule has 0 aliphatic carbocycles. The van der Waals surface area contributed by atoms with Crippen LogP contribution in [0.25, 0.3) is 44.2 Å². The van der Waals surface area contributed by atoms with Crippen molar-refractivity contribution in [2.45, 2.75) is 0 Å². The molecule has 0 N–H and O–H groups in total. The Balaban J connectivity index is 1.35. The van der Waals surface area contributed by atoms with E-state index in [0.29, 0.717) is 0 Å². The van der Waals surface area contributed by atoms with Gasteiger partial charge < -0.3 is 4.90 Å². The van der Waals surface area contributed by atoms with E-state index in [1.807, 2.05) is 0 Å². The minimum Gasteiger partial charge on any atom is -0.310 e. The van der Waals surface area contributed by atoms with Crippen molar-refractivity contribution >= 4 is 27.8 Å². The van der Waals surface area contributed by atoms with Gasteiger partial charge in [-0.05, 0) is 80.6 Å². The Morgan fingerprint density at radius 1 is 0.293 bits per heavy atom. The summed E-state index contributed by atoms with van der Waals surface area (Å²) in [5.41, 5.74) is 10.7. The molecule has 0 saturated carbocycles. The van der Waals surface area contributed by atoms with Crippen molar-refractivity contribution in [1.82, 2.24) is 0 Å². The van der Waals surface area contributed by atoms with Gasteiger partial charge in [0.05, 0.1) is 0 Å². The zero-order valence-corrected chi connectivity index (χ0v) is 22.7. The van der Waals surface area contributed by atoms with E-state index in [0.717, 1.165) is 17.1 Å². The third-order valence-corrected chi connectivity index (χ3v) is 7.67. The molecule has 0 aromatic heterocycles. The smallest absolute Gasteiger partial charge is 0.0468 e. The minimum atomic E-state index is 1.12. The summed E-state index contributed by atoms with van der Waals surface area (Å²) in [6, 6.07) is 62.8. The summed E-state index contributed by atoms with van der Waals surface area (Å²) in [6.45, 7) is 0. The van der Waals surface area contributed by atoms with Crippen LogP contribution in [-0.4, -0.2) is 0 Å². The Morgan fingerprint density at radius 3 is 1.46 bits per heavy atom. The van der Waals surface area contributed by atoms with E-state index in [1.165, 1.54) is 44.2 Å². The van der Waals surface area contributed by atoms with Crippen LogP contribution in [0.2, 0.25) is 0 Å². The molecular weight excluding hydrogens is 494 g/mol. The first-order valence-corrected chi connectivity index (χ1v) is 14.0. The van der Waals surface area contributed by atoms with Crippen LogP contribution >= 0.6 is 0 Å². The van der Waals surface area contributed by atoms with Crippen molar-refractivity contribution in [2.75, 3.05) is 4.90 Å². The molecule has 41 heavy (non-hydrogen) atoms. The van der Waals surface area contributed by atoms with E-state index in [4.69, 9.17) is 0 Å². The maximum absolute atomic E-state index is 2.32. The third-order valence-electron chi connectivity index (χ3n) is 7.67. The number of hydrogen-bond donors (Lipinski definition) is 0. The first-order valence-electron chi connectivity index (χ1n) is 14.0. The van der Waals surface area contributed by atoms with Crippen LogP contribution in [0.1, 0.15) is 0 Å². The van der Waals surface area contributed by atoms with Gasteiger partial charge in [-0.3, -0.25) is 0 Å². The van der Waals surface area contributed by atoms with Gasteiger partial charge in [-0.15, -0.1) is 0 Å². The Kier molecular flexibility index (Phi) is 6.61. The van der Waals surface area contributed by atoms with Crippen LogP contribution in [0.4, 0.5) is 17.1 Å². The zero-order valence-electron chi connectivity index (χ0n) is 22.7. The average molecular weight is 524 g/mol. The molecule has 194 valence electrons. The van der Waals surface area contributed by atoms with Crippen LogP contribution in [0, 0.1) is 0 Å². The van der Waals surface area contributed by atoms with Crippen LogP contribution in [0.15, 0.2) is 176 Å². The lowest BCUT2D eigenvalue weighted by Crippen LogP contribution is -2.10. The van der Waals surface area contributed by atoms with Crippen molar-refractivity contribution < 1.29 is 0 Å². The van der Waals surface area contributed by atoms with Crippen LogP contribution in [0.3, 0.4) is 0 Å². The van der Waals surface area contributed by atoms with Crippen molar-refractivity contribution in [3.63, 3.8) is 0 Å². The fourth-order valence-corrected chi connectivity index (χ4v) is 5.69. The number of benzene rings is 7. The van der Waals surface area contributed by atoms with Gasteiger partial charge in [-0.2, -0.15) is 0 Å². The van der Waals surface area contributed by atoms with E-state index >= 15 is 0 Å². The molecule has 0 bridgehead atoms. The summed E-state index contributed by atoms with van der Waals surface area (Å²) in [5, 5.41) is 2.54. The molecule has 0 saturated heterocycles. The molecular formula is C40H29N. The summed E-state index contributed by atoms with van der Waals surface area (Å²) in [7, 11) is 0. The van der Waals surface area contributed by atoms with Crippen molar-refractivity contribution in [3.8, 4) is 33.4 Å². The van der Waals surface area contributed by atoms with Gasteiger partial charge in [-0.1, -0.05) is 140 Å². The predicted molar refractivity (Wildman–Crippen MR) is 175 cm³/mol. The van der Waals surface area contributed by atoms with Crippen molar-refractivity contribution in [3.05, 3.63) is 176 Å². The summed E-state index contributed by atoms with van der Waals surface area (Å²) < 4.78 is 0. The van der Waals surface area contributed by atoms with Gasteiger partial charge in [-0.25, -0.2) is 0 Å². The van der Waals surface area contributed by atoms with Gasteiger partial charge in [0.25, 0.3) is 0 Å². The lowest BCUT2D eigenvalue weighted by atomic mass is 9.92. The lowest BCUT2D eigenvalue weighted by molar-refractivity contribution is 1.28. The number of anilines is 3. The minimum absolute atomic E-state index is 1.12. The number of rotatable bonds is 6. The summed E-state index contributed by atoms with van der Waals surface area (Å²) in [6.07, 6.45) is 0. The number of para-hydroxylation sites is 2. The van der Waals surface area contributed by atoms with E-state index in [2.05, 4.69) is 181 Å². The monoisotopic (exact) mass is 523 g/mol. The van der Waals surface area contributed by atoms with E-state index < -0.39 is 0 Å². The molecule has 7 aromatic rings. The van der Waals surface area contributed by atoms with E-state index in [9.17, 15) is 0 Å². The molecule has 0 spiro atoms. The average Bonchev–Trinajstić information content (AvgIpc) is 3.06. The molecule has 0 aliphatic heterocycles. The molecule has 0 atom stereocenters. The molecule has 0 fully saturated rings. The van der Waals surface area contributed by atoms with Gasteiger partial charge in [0, 0.05) is 17.1 Å². The highest BCUT2D eigenvalue weighted by atomic mass is 15.1. The van der Waals surface area contributed by atoms with Crippen LogP contribution < -0.4 is 4.90 Å². The topological polar surface area (TPSA) is 3.24 Å². The Morgan fingerprint density at radius 2 is 0.805 bits per heavy atom. The van der Waals surface area contributed by atoms with Gasteiger partial charge >= 0.3 is 0 Å². The molecule has 7 rings (SSSR count). The standard InChI is InChI=1S/C40H29N/c1-4-13-31(14-5-1)40-29-36(41(34-17-6-2-7-18-34)35-19-8-3-9-20-35)27-28-39(40)33-25-23-32(24-26-33)38-22-12-16-30-15-10-11-21-37(30)38/h1-29H. The largest absolute Gasteiger partial charge is 0.310 e. The highest BCUT2D eigenvalue weighted by Gasteiger charge is 2.16. The Hall–Kier alpha value is -5.40. The number of fused-ring (bicyclic) bond motifs is 1. The third kappa shape index (κ3) is 4.90. The van der Waals surface area contributed by atoms with Gasteiger partial charge in [0.15, 0.2) is 0 Å². The van der Waals surface area contributed by atoms with E-state index in [1.54, 1.807) is 0 Å². The quantitative estimate of drug-likeness (QED) is 0.209. The molecule has 0 amide bonds. The van der Waals surface area contributed by atoms with E-state index in [-0.39, 0.29) is 0 Å². The van der Waals surface area contributed by atoms with Gasteiger partial charge in [0.2, 0.25) is 0 Å². The normalized spacial score (nSPS) is 10.9. The number of hydrogen-bond acceptors (Lipinski definition) is 1. The zero-order chi connectivity index (χ0) is 27.4. The molecule has 7 aromatic carbocycles. The van der Waals surface area contributed by atoms with Crippen LogP contribution in [-0.2, 0) is 0 Å². The highest BCUT2D eigenvalue weighted by Crippen LogP contribution is 2.41. The maximum Gasteiger partial charge on any atom is 0.0468 e. The fourth-order valence-electron chi connectivity index (χ4n) is 5.69. The van der Waals surface area contributed by atoms with Crippen molar-refractivity contribution in [2.24, 2.45) is 0 Å². The number of nitrogens with zero attached hydrogens (tertiary/aromatic N) is 1. The predicted octanol–water partition coefficient (Wildman–Crippen LogP) is 11.3. The molecule has 0 heterocycles. The highest BCUT2D eigenvalue weighted by molar-refractivity contribution is 5.97. The summed E-state index contributed by atoms with van der Waals surface area (Å²) in [4.78, 5) is 2.32. The molecule has 1 nitrogen and oxygen atoms in total. The maximum atomic E-state index is 2.32.